The third-order valence-electron chi connectivity index (χ3n) is 4.14. The minimum atomic E-state index is 0.00321. The van der Waals surface area contributed by atoms with Gasteiger partial charge in [0, 0.05) is 0 Å². The number of hydrogen-bond donors (Lipinski definition) is 1. The lowest BCUT2D eigenvalue weighted by Crippen LogP contribution is -2.15. The van der Waals surface area contributed by atoms with Crippen molar-refractivity contribution in [1.29, 1.82) is 0 Å². The van der Waals surface area contributed by atoms with E-state index in [1.807, 2.05) is 30.3 Å². The monoisotopic (exact) mass is 280 g/mol. The predicted octanol–water partition coefficient (Wildman–Crippen LogP) is 5.34. The van der Waals surface area contributed by atoms with Crippen LogP contribution < -0.4 is 0 Å². The Hall–Kier alpha value is -2.02. The number of allylic oxidation sites excluding steroid dienone is 1. The predicted molar refractivity (Wildman–Crippen MR) is 90.6 cm³/mol. The Kier molecular flexibility index (Phi) is 4.85. The minimum absolute atomic E-state index is 0.00321. The molecule has 1 heteroatoms. The van der Waals surface area contributed by atoms with Crippen molar-refractivity contribution >= 4 is 6.08 Å². The van der Waals surface area contributed by atoms with Crippen molar-refractivity contribution < 1.29 is 5.11 Å². The first-order chi connectivity index (χ1) is 10.0. The molecule has 0 aromatic heterocycles. The van der Waals surface area contributed by atoms with E-state index in [1.165, 1.54) is 11.1 Å². The molecule has 21 heavy (non-hydrogen) atoms. The van der Waals surface area contributed by atoms with Gasteiger partial charge in [0.15, 0.2) is 0 Å². The average Bonchev–Trinajstić information content (AvgIpc) is 2.50. The zero-order chi connectivity index (χ0) is 15.3. The van der Waals surface area contributed by atoms with Gasteiger partial charge in [-0.1, -0.05) is 75.4 Å². The average molecular weight is 280 g/mol. The fraction of sp³-hybridized carbons (Fsp3) is 0.300. The Morgan fingerprint density at radius 3 is 2.43 bits per heavy atom. The molecule has 0 amide bonds. The van der Waals surface area contributed by atoms with E-state index in [0.717, 1.165) is 18.4 Å². The Bertz CT molecular complexity index is 609. The standard InChI is InChI=1S/C20H24O/c1-4-20(2,3)18-15-17(13-14-19(18)21)12-8-11-16-9-6-5-7-10-16/h5-11,13-15,21H,4,12H2,1-3H3/b11-8+. The zero-order valence-corrected chi connectivity index (χ0v) is 13.1. The van der Waals surface area contributed by atoms with Crippen LogP contribution >= 0.6 is 0 Å². The maximum atomic E-state index is 10.1. The summed E-state index contributed by atoms with van der Waals surface area (Å²) in [5.41, 5.74) is 3.49. The normalized spacial score (nSPS) is 12.0. The zero-order valence-electron chi connectivity index (χ0n) is 13.1. The van der Waals surface area contributed by atoms with E-state index in [4.69, 9.17) is 0 Å². The summed E-state index contributed by atoms with van der Waals surface area (Å²) < 4.78 is 0. The molecule has 0 fully saturated rings. The van der Waals surface area contributed by atoms with Gasteiger partial charge in [-0.15, -0.1) is 0 Å². The molecule has 0 heterocycles. The van der Waals surface area contributed by atoms with Gasteiger partial charge in [0.2, 0.25) is 0 Å². The van der Waals surface area contributed by atoms with Crippen molar-refractivity contribution in [3.05, 3.63) is 71.3 Å². The maximum absolute atomic E-state index is 10.1. The highest BCUT2D eigenvalue weighted by molar-refractivity contribution is 5.50. The third-order valence-corrected chi connectivity index (χ3v) is 4.14. The summed E-state index contributed by atoms with van der Waals surface area (Å²) in [5, 5.41) is 10.1. The smallest absolute Gasteiger partial charge is 0.119 e. The third kappa shape index (κ3) is 3.98. The highest BCUT2D eigenvalue weighted by Gasteiger charge is 2.21. The molecule has 1 nitrogen and oxygen atoms in total. The number of phenols is 1. The largest absolute Gasteiger partial charge is 0.508 e. The first-order valence-corrected chi connectivity index (χ1v) is 7.57. The van der Waals surface area contributed by atoms with E-state index < -0.39 is 0 Å². The van der Waals surface area contributed by atoms with Crippen molar-refractivity contribution in [2.24, 2.45) is 0 Å². The molecule has 0 saturated heterocycles. The van der Waals surface area contributed by atoms with Gasteiger partial charge >= 0.3 is 0 Å². The number of aromatic hydroxyl groups is 1. The quantitative estimate of drug-likeness (QED) is 0.784. The van der Waals surface area contributed by atoms with Crippen LogP contribution in [0.5, 0.6) is 5.75 Å². The Balaban J connectivity index is 2.15. The van der Waals surface area contributed by atoms with Crippen LogP contribution in [0.4, 0.5) is 0 Å². The van der Waals surface area contributed by atoms with Crippen LogP contribution in [0.2, 0.25) is 0 Å². The van der Waals surface area contributed by atoms with Crippen LogP contribution in [0.25, 0.3) is 6.08 Å². The number of rotatable bonds is 5. The summed E-state index contributed by atoms with van der Waals surface area (Å²) in [5.74, 6) is 0.401. The Morgan fingerprint density at radius 2 is 1.76 bits per heavy atom. The van der Waals surface area contributed by atoms with Crippen LogP contribution in [0.15, 0.2) is 54.6 Å². The molecule has 0 aliphatic rings. The molecular formula is C20H24O. The molecular weight excluding hydrogens is 256 g/mol. The van der Waals surface area contributed by atoms with Crippen LogP contribution in [0, 0.1) is 0 Å². The van der Waals surface area contributed by atoms with Gasteiger partial charge in [-0.25, -0.2) is 0 Å². The Morgan fingerprint density at radius 1 is 1.05 bits per heavy atom. The molecule has 0 bridgehead atoms. The lowest BCUT2D eigenvalue weighted by atomic mass is 9.81. The summed E-state index contributed by atoms with van der Waals surface area (Å²) in [7, 11) is 0. The number of phenolic OH excluding ortho intramolecular Hbond substituents is 1. The van der Waals surface area contributed by atoms with Crippen molar-refractivity contribution in [3.8, 4) is 5.75 Å². The summed E-state index contributed by atoms with van der Waals surface area (Å²) >= 11 is 0. The summed E-state index contributed by atoms with van der Waals surface area (Å²) in [4.78, 5) is 0. The molecule has 0 atom stereocenters. The van der Waals surface area contributed by atoms with Crippen molar-refractivity contribution in [3.63, 3.8) is 0 Å². The van der Waals surface area contributed by atoms with Gasteiger partial charge in [-0.2, -0.15) is 0 Å². The molecule has 2 rings (SSSR count). The molecule has 1 N–H and O–H groups in total. The van der Waals surface area contributed by atoms with E-state index in [2.05, 4.69) is 51.1 Å². The first kappa shape index (κ1) is 15.4. The molecule has 0 aliphatic heterocycles. The molecule has 0 unspecified atom stereocenters. The van der Waals surface area contributed by atoms with Crippen LogP contribution in [-0.4, -0.2) is 5.11 Å². The van der Waals surface area contributed by atoms with E-state index in [1.54, 1.807) is 0 Å². The second-order valence-corrected chi connectivity index (χ2v) is 6.11. The van der Waals surface area contributed by atoms with Crippen molar-refractivity contribution in [2.75, 3.05) is 0 Å². The Labute approximate surface area is 128 Å². The van der Waals surface area contributed by atoms with Gasteiger partial charge in [0.1, 0.15) is 5.75 Å². The summed E-state index contributed by atoms with van der Waals surface area (Å²) in [6.45, 7) is 6.50. The van der Waals surface area contributed by atoms with Crippen LogP contribution in [0.3, 0.4) is 0 Å². The van der Waals surface area contributed by atoms with Gasteiger partial charge in [-0.05, 0) is 41.0 Å². The molecule has 2 aromatic carbocycles. The summed E-state index contributed by atoms with van der Waals surface area (Å²) in [6.07, 6.45) is 6.19. The van der Waals surface area contributed by atoms with Crippen molar-refractivity contribution in [2.45, 2.75) is 39.0 Å². The maximum Gasteiger partial charge on any atom is 0.119 e. The topological polar surface area (TPSA) is 20.2 Å². The van der Waals surface area contributed by atoms with Gasteiger partial charge in [0.25, 0.3) is 0 Å². The molecule has 0 radical (unpaired) electrons. The first-order valence-electron chi connectivity index (χ1n) is 7.57. The minimum Gasteiger partial charge on any atom is -0.508 e. The van der Waals surface area contributed by atoms with Gasteiger partial charge in [-0.3, -0.25) is 0 Å². The molecule has 110 valence electrons. The van der Waals surface area contributed by atoms with Crippen molar-refractivity contribution in [1.82, 2.24) is 0 Å². The fourth-order valence-electron chi connectivity index (χ4n) is 2.34. The van der Waals surface area contributed by atoms with E-state index in [9.17, 15) is 5.11 Å². The number of benzene rings is 2. The van der Waals surface area contributed by atoms with Crippen LogP contribution in [-0.2, 0) is 11.8 Å². The highest BCUT2D eigenvalue weighted by atomic mass is 16.3. The lowest BCUT2D eigenvalue weighted by Gasteiger charge is -2.24. The molecule has 0 spiro atoms. The highest BCUT2D eigenvalue weighted by Crippen LogP contribution is 2.34. The van der Waals surface area contributed by atoms with Crippen LogP contribution in [0.1, 0.15) is 43.9 Å². The van der Waals surface area contributed by atoms with E-state index in [-0.39, 0.29) is 5.41 Å². The summed E-state index contributed by atoms with van der Waals surface area (Å²) in [6, 6.07) is 16.3. The second kappa shape index (κ2) is 6.62. The molecule has 0 aliphatic carbocycles. The van der Waals surface area contributed by atoms with Gasteiger partial charge in [0.05, 0.1) is 0 Å². The second-order valence-electron chi connectivity index (χ2n) is 6.11. The lowest BCUT2D eigenvalue weighted by molar-refractivity contribution is 0.428. The SMILES string of the molecule is CCC(C)(C)c1cc(C/C=C/c2ccccc2)ccc1O. The van der Waals surface area contributed by atoms with E-state index >= 15 is 0 Å². The number of hydrogen-bond acceptors (Lipinski definition) is 1. The molecule has 2 aromatic rings. The fourth-order valence-corrected chi connectivity index (χ4v) is 2.34. The van der Waals surface area contributed by atoms with E-state index in [0.29, 0.717) is 5.75 Å². The molecule has 0 saturated carbocycles. The van der Waals surface area contributed by atoms with Gasteiger partial charge < -0.3 is 5.11 Å².